The zero-order valence-electron chi connectivity index (χ0n) is 11.6. The Balaban J connectivity index is 1.63. The van der Waals surface area contributed by atoms with Crippen LogP contribution in [0, 0.1) is 11.7 Å². The van der Waals surface area contributed by atoms with Crippen molar-refractivity contribution >= 4 is 11.0 Å². The zero-order chi connectivity index (χ0) is 14.1. The Kier molecular flexibility index (Phi) is 3.76. The van der Waals surface area contributed by atoms with E-state index in [-0.39, 0.29) is 11.9 Å². The van der Waals surface area contributed by atoms with Crippen molar-refractivity contribution in [3.63, 3.8) is 0 Å². The molecule has 1 fully saturated rings. The smallest absolute Gasteiger partial charge is 0.134 e. The fraction of sp³-hybridized carbons (Fsp3) is 0.500. The number of hydrogen-bond acceptors (Lipinski definition) is 3. The summed E-state index contributed by atoms with van der Waals surface area (Å²) in [6.45, 7) is 2.80. The van der Waals surface area contributed by atoms with Crippen molar-refractivity contribution in [2.45, 2.75) is 38.3 Å². The van der Waals surface area contributed by atoms with Gasteiger partial charge in [-0.15, -0.1) is 0 Å². The Hall–Kier alpha value is -1.39. The predicted octanol–water partition coefficient (Wildman–Crippen LogP) is 3.78. The minimum Gasteiger partial charge on any atom is -0.459 e. The monoisotopic (exact) mass is 277 g/mol. The minimum absolute atomic E-state index is 0.127. The molecule has 1 aromatic carbocycles. The van der Waals surface area contributed by atoms with Gasteiger partial charge >= 0.3 is 0 Å². The van der Waals surface area contributed by atoms with Gasteiger partial charge in [-0.05, 0) is 56.4 Å². The van der Waals surface area contributed by atoms with Gasteiger partial charge in [0, 0.05) is 12.0 Å². The second-order valence-corrected chi connectivity index (χ2v) is 5.59. The Bertz CT molecular complexity index is 589. The highest BCUT2D eigenvalue weighted by atomic mass is 19.1. The highest BCUT2D eigenvalue weighted by molar-refractivity contribution is 5.78. The van der Waals surface area contributed by atoms with E-state index in [1.165, 1.54) is 12.1 Å². The molecule has 1 aliphatic rings. The summed E-state index contributed by atoms with van der Waals surface area (Å²) in [4.78, 5) is 0. The molecule has 1 aliphatic carbocycles. The van der Waals surface area contributed by atoms with E-state index in [4.69, 9.17) is 14.9 Å². The summed E-state index contributed by atoms with van der Waals surface area (Å²) in [5.41, 5.74) is 6.89. The molecule has 1 unspecified atom stereocenters. The maximum absolute atomic E-state index is 13.1. The number of ether oxygens (including phenoxy) is 1. The molecule has 3 nitrogen and oxygen atoms in total. The maximum atomic E-state index is 13.1. The number of fused-ring (bicyclic) bond motifs is 1. The van der Waals surface area contributed by atoms with Gasteiger partial charge in [0.1, 0.15) is 17.2 Å². The molecule has 1 aromatic heterocycles. The topological polar surface area (TPSA) is 48.4 Å². The molecule has 0 radical (unpaired) electrons. The van der Waals surface area contributed by atoms with Crippen LogP contribution in [0.15, 0.2) is 28.7 Å². The highest BCUT2D eigenvalue weighted by Crippen LogP contribution is 2.37. The van der Waals surface area contributed by atoms with Crippen molar-refractivity contribution in [3.05, 3.63) is 35.8 Å². The number of nitrogens with two attached hydrogens (primary N) is 1. The van der Waals surface area contributed by atoms with E-state index < -0.39 is 0 Å². The van der Waals surface area contributed by atoms with Crippen LogP contribution in [0.2, 0.25) is 0 Å². The summed E-state index contributed by atoms with van der Waals surface area (Å²) in [6.07, 6.45) is 3.46. The highest BCUT2D eigenvalue weighted by Gasteiger charge is 2.31. The Morgan fingerprint density at radius 1 is 1.40 bits per heavy atom. The first-order chi connectivity index (χ1) is 9.65. The van der Waals surface area contributed by atoms with Gasteiger partial charge in [0.2, 0.25) is 0 Å². The standard InChI is InChI=1S/C16H20FNO2/c1-2-19-13-5-10(6-13)7-14(18)16-9-11-8-12(17)3-4-15(11)20-16/h3-4,8-10,13-14H,2,5-7,18H2,1H3. The predicted molar refractivity (Wildman–Crippen MR) is 75.9 cm³/mol. The first kappa shape index (κ1) is 13.6. The molecule has 0 saturated heterocycles. The van der Waals surface area contributed by atoms with E-state index >= 15 is 0 Å². The second-order valence-electron chi connectivity index (χ2n) is 5.59. The summed E-state index contributed by atoms with van der Waals surface area (Å²) in [6, 6.07) is 6.25. The van der Waals surface area contributed by atoms with Crippen molar-refractivity contribution in [1.82, 2.24) is 0 Å². The molecule has 3 rings (SSSR count). The van der Waals surface area contributed by atoms with Gasteiger partial charge in [0.15, 0.2) is 0 Å². The molecule has 1 saturated carbocycles. The normalized spacial score (nSPS) is 23.8. The fourth-order valence-corrected chi connectivity index (χ4v) is 2.93. The van der Waals surface area contributed by atoms with Crippen LogP contribution in [0.25, 0.3) is 11.0 Å². The summed E-state index contributed by atoms with van der Waals surface area (Å²) >= 11 is 0. The third kappa shape index (κ3) is 2.72. The van der Waals surface area contributed by atoms with Crippen LogP contribution in [0.3, 0.4) is 0 Å². The number of benzene rings is 1. The third-order valence-electron chi connectivity index (χ3n) is 4.04. The van der Waals surface area contributed by atoms with Gasteiger partial charge in [-0.2, -0.15) is 0 Å². The quantitative estimate of drug-likeness (QED) is 0.904. The van der Waals surface area contributed by atoms with Crippen LogP contribution in [0.4, 0.5) is 4.39 Å². The molecule has 1 atom stereocenters. The number of hydrogen-bond donors (Lipinski definition) is 1. The van der Waals surface area contributed by atoms with Crippen molar-refractivity contribution < 1.29 is 13.5 Å². The van der Waals surface area contributed by atoms with Crippen LogP contribution in [-0.2, 0) is 4.74 Å². The minimum atomic E-state index is -0.253. The molecule has 20 heavy (non-hydrogen) atoms. The van der Waals surface area contributed by atoms with Crippen molar-refractivity contribution in [3.8, 4) is 0 Å². The average Bonchev–Trinajstić information content (AvgIpc) is 2.79. The first-order valence-corrected chi connectivity index (χ1v) is 7.22. The van der Waals surface area contributed by atoms with Crippen LogP contribution >= 0.6 is 0 Å². The maximum Gasteiger partial charge on any atom is 0.134 e. The van der Waals surface area contributed by atoms with Gasteiger partial charge in [-0.25, -0.2) is 4.39 Å². The van der Waals surface area contributed by atoms with Gasteiger partial charge < -0.3 is 14.9 Å². The van der Waals surface area contributed by atoms with Crippen LogP contribution in [-0.4, -0.2) is 12.7 Å². The Labute approximate surface area is 117 Å². The summed E-state index contributed by atoms with van der Waals surface area (Å²) in [5, 5.41) is 0.774. The van der Waals surface area contributed by atoms with Gasteiger partial charge in [0.05, 0.1) is 12.1 Å². The van der Waals surface area contributed by atoms with Gasteiger partial charge in [0.25, 0.3) is 0 Å². The van der Waals surface area contributed by atoms with Crippen molar-refractivity contribution in [2.75, 3.05) is 6.61 Å². The molecular formula is C16H20FNO2. The molecule has 0 spiro atoms. The SMILES string of the molecule is CCOC1CC(CC(N)c2cc3cc(F)ccc3o2)C1. The Morgan fingerprint density at radius 3 is 2.95 bits per heavy atom. The molecular weight excluding hydrogens is 257 g/mol. The molecule has 2 aromatic rings. The molecule has 2 N–H and O–H groups in total. The van der Waals surface area contributed by atoms with E-state index in [0.29, 0.717) is 17.6 Å². The van der Waals surface area contributed by atoms with Crippen LogP contribution in [0.5, 0.6) is 0 Å². The zero-order valence-corrected chi connectivity index (χ0v) is 11.6. The molecule has 0 aliphatic heterocycles. The Morgan fingerprint density at radius 2 is 2.20 bits per heavy atom. The van der Waals surface area contributed by atoms with Crippen LogP contribution < -0.4 is 5.73 Å². The van der Waals surface area contributed by atoms with E-state index in [2.05, 4.69) is 0 Å². The average molecular weight is 277 g/mol. The van der Waals surface area contributed by atoms with Crippen molar-refractivity contribution in [2.24, 2.45) is 11.7 Å². The number of halogens is 1. The van der Waals surface area contributed by atoms with E-state index in [9.17, 15) is 4.39 Å². The summed E-state index contributed by atoms with van der Waals surface area (Å²) in [7, 11) is 0. The summed E-state index contributed by atoms with van der Waals surface area (Å²) < 4.78 is 24.4. The number of furan rings is 1. The van der Waals surface area contributed by atoms with Crippen LogP contribution in [0.1, 0.15) is 38.0 Å². The molecule has 1 heterocycles. The van der Waals surface area contributed by atoms with E-state index in [1.807, 2.05) is 13.0 Å². The third-order valence-corrected chi connectivity index (χ3v) is 4.04. The lowest BCUT2D eigenvalue weighted by Crippen LogP contribution is -2.33. The van der Waals surface area contributed by atoms with Gasteiger partial charge in [-0.3, -0.25) is 0 Å². The van der Waals surface area contributed by atoms with Crippen molar-refractivity contribution in [1.29, 1.82) is 0 Å². The largest absolute Gasteiger partial charge is 0.459 e. The molecule has 0 bridgehead atoms. The van der Waals surface area contributed by atoms with Gasteiger partial charge in [-0.1, -0.05) is 0 Å². The van der Waals surface area contributed by atoms with E-state index in [1.54, 1.807) is 6.07 Å². The summed E-state index contributed by atoms with van der Waals surface area (Å²) in [5.74, 6) is 1.09. The number of rotatable bonds is 5. The molecule has 0 amide bonds. The lowest BCUT2D eigenvalue weighted by Gasteiger charge is -2.36. The van der Waals surface area contributed by atoms with E-state index in [0.717, 1.165) is 37.0 Å². The lowest BCUT2D eigenvalue weighted by atomic mass is 9.78. The fourth-order valence-electron chi connectivity index (χ4n) is 2.93. The molecule has 108 valence electrons. The molecule has 4 heteroatoms. The first-order valence-electron chi connectivity index (χ1n) is 7.22. The second kappa shape index (κ2) is 5.54. The lowest BCUT2D eigenvalue weighted by molar-refractivity contribution is -0.0286.